The van der Waals surface area contributed by atoms with Crippen LogP contribution in [0.15, 0.2) is 42.7 Å². The Morgan fingerprint density at radius 3 is 2.46 bits per heavy atom. The van der Waals surface area contributed by atoms with Gasteiger partial charge in [-0.05, 0) is 38.1 Å². The average Bonchev–Trinajstić information content (AvgIpc) is 3.15. The maximum absolute atomic E-state index is 12.6. The summed E-state index contributed by atoms with van der Waals surface area (Å²) in [5.41, 5.74) is 1.84. The SMILES string of the molecule is CNC1CCCN(C(=O)c2ccc(C(=O)c3cc[nH]c3)cc2)C1.Cl. The van der Waals surface area contributed by atoms with E-state index in [0.717, 1.165) is 25.9 Å². The molecule has 1 unspecified atom stereocenters. The molecule has 1 atom stereocenters. The minimum atomic E-state index is -0.0431. The number of carbonyl (C=O) groups is 2. The zero-order valence-corrected chi connectivity index (χ0v) is 14.4. The van der Waals surface area contributed by atoms with Crippen molar-refractivity contribution in [3.8, 4) is 0 Å². The number of aromatic nitrogens is 1. The van der Waals surface area contributed by atoms with Crippen LogP contribution in [0.2, 0.25) is 0 Å². The number of rotatable bonds is 4. The molecule has 0 bridgehead atoms. The molecule has 1 aromatic carbocycles. The lowest BCUT2D eigenvalue weighted by molar-refractivity contribution is 0.0698. The lowest BCUT2D eigenvalue weighted by atomic mass is 10.0. The summed E-state index contributed by atoms with van der Waals surface area (Å²) in [6.45, 7) is 1.53. The molecule has 2 heterocycles. The van der Waals surface area contributed by atoms with Crippen molar-refractivity contribution in [1.82, 2.24) is 15.2 Å². The van der Waals surface area contributed by atoms with Crippen molar-refractivity contribution in [2.45, 2.75) is 18.9 Å². The summed E-state index contributed by atoms with van der Waals surface area (Å²) in [7, 11) is 1.93. The van der Waals surface area contributed by atoms with Gasteiger partial charge in [0.05, 0.1) is 0 Å². The fourth-order valence-electron chi connectivity index (χ4n) is 2.98. The standard InChI is InChI=1S/C18H21N3O2.ClH/c1-19-16-3-2-10-21(12-16)18(23)14-6-4-13(5-7-14)17(22)15-8-9-20-11-15;/h4-9,11,16,19-20H,2-3,10,12H2,1H3;1H. The van der Waals surface area contributed by atoms with Gasteiger partial charge in [-0.15, -0.1) is 12.4 Å². The van der Waals surface area contributed by atoms with Crippen molar-refractivity contribution in [3.63, 3.8) is 0 Å². The fraction of sp³-hybridized carbons (Fsp3) is 0.333. The van der Waals surface area contributed by atoms with Crippen LogP contribution in [-0.4, -0.2) is 47.8 Å². The van der Waals surface area contributed by atoms with E-state index >= 15 is 0 Å². The van der Waals surface area contributed by atoms with Gasteiger partial charge in [0.2, 0.25) is 0 Å². The second kappa shape index (κ2) is 8.13. The molecule has 3 rings (SSSR count). The average molecular weight is 348 g/mol. The Balaban J connectivity index is 0.00000208. The van der Waals surface area contributed by atoms with Crippen LogP contribution in [0.25, 0.3) is 0 Å². The van der Waals surface area contributed by atoms with E-state index in [9.17, 15) is 9.59 Å². The van der Waals surface area contributed by atoms with E-state index in [2.05, 4.69) is 10.3 Å². The van der Waals surface area contributed by atoms with Crippen LogP contribution in [0.1, 0.15) is 39.1 Å². The van der Waals surface area contributed by atoms with Gasteiger partial charge in [0.1, 0.15) is 0 Å². The van der Waals surface area contributed by atoms with E-state index in [4.69, 9.17) is 0 Å². The van der Waals surface area contributed by atoms with Crippen LogP contribution in [0.3, 0.4) is 0 Å². The van der Waals surface area contributed by atoms with Crippen molar-refractivity contribution in [2.75, 3.05) is 20.1 Å². The molecule has 0 radical (unpaired) electrons. The molecule has 2 aromatic rings. The summed E-state index contributed by atoms with van der Waals surface area (Å²) >= 11 is 0. The predicted molar refractivity (Wildman–Crippen MR) is 95.9 cm³/mol. The summed E-state index contributed by atoms with van der Waals surface area (Å²) in [5.74, 6) is -0.0101. The molecule has 1 aromatic heterocycles. The molecule has 1 aliphatic heterocycles. The number of aromatic amines is 1. The van der Waals surface area contributed by atoms with E-state index in [1.165, 1.54) is 0 Å². The molecule has 1 fully saturated rings. The van der Waals surface area contributed by atoms with Gasteiger partial charge in [0.25, 0.3) is 5.91 Å². The summed E-state index contributed by atoms with van der Waals surface area (Å²) in [6, 6.07) is 9.04. The van der Waals surface area contributed by atoms with Crippen LogP contribution in [0, 0.1) is 0 Å². The number of nitrogens with zero attached hydrogens (tertiary/aromatic N) is 1. The largest absolute Gasteiger partial charge is 0.367 e. The molecule has 0 saturated carbocycles. The Kier molecular flexibility index (Phi) is 6.17. The topological polar surface area (TPSA) is 65.2 Å². The Morgan fingerprint density at radius 2 is 1.83 bits per heavy atom. The van der Waals surface area contributed by atoms with Gasteiger partial charge in [0, 0.05) is 48.2 Å². The minimum Gasteiger partial charge on any atom is -0.367 e. The Morgan fingerprint density at radius 1 is 1.12 bits per heavy atom. The highest BCUT2D eigenvalue weighted by atomic mass is 35.5. The number of likely N-dealkylation sites (tertiary alicyclic amines) is 1. The molecular weight excluding hydrogens is 326 g/mol. The van der Waals surface area contributed by atoms with Crippen molar-refractivity contribution in [1.29, 1.82) is 0 Å². The molecule has 6 heteroatoms. The number of halogens is 1. The third kappa shape index (κ3) is 3.86. The monoisotopic (exact) mass is 347 g/mol. The molecule has 1 amide bonds. The highest BCUT2D eigenvalue weighted by molar-refractivity contribution is 6.09. The van der Waals surface area contributed by atoms with E-state index in [1.54, 1.807) is 42.7 Å². The van der Waals surface area contributed by atoms with Gasteiger partial charge in [-0.25, -0.2) is 0 Å². The summed E-state index contributed by atoms with van der Waals surface area (Å²) < 4.78 is 0. The fourth-order valence-corrected chi connectivity index (χ4v) is 2.98. The number of carbonyl (C=O) groups excluding carboxylic acids is 2. The van der Waals surface area contributed by atoms with Crippen LogP contribution in [0.4, 0.5) is 0 Å². The number of amides is 1. The Labute approximate surface area is 147 Å². The van der Waals surface area contributed by atoms with Crippen LogP contribution < -0.4 is 5.32 Å². The number of likely N-dealkylation sites (N-methyl/N-ethyl adjacent to an activating group) is 1. The second-order valence-electron chi connectivity index (χ2n) is 5.89. The van der Waals surface area contributed by atoms with Gasteiger partial charge in [-0.1, -0.05) is 12.1 Å². The molecule has 24 heavy (non-hydrogen) atoms. The number of hydrogen-bond donors (Lipinski definition) is 2. The summed E-state index contributed by atoms with van der Waals surface area (Å²) in [4.78, 5) is 29.6. The summed E-state index contributed by atoms with van der Waals surface area (Å²) in [6.07, 6.45) is 5.51. The normalized spacial score (nSPS) is 17.2. The van der Waals surface area contributed by atoms with Crippen LogP contribution in [-0.2, 0) is 0 Å². The third-order valence-corrected chi connectivity index (χ3v) is 4.37. The number of H-pyrrole nitrogens is 1. The number of hydrogen-bond acceptors (Lipinski definition) is 3. The van der Waals surface area contributed by atoms with Crippen molar-refractivity contribution >= 4 is 24.1 Å². The Hall–Kier alpha value is -2.11. The first-order valence-electron chi connectivity index (χ1n) is 7.93. The molecule has 1 saturated heterocycles. The van der Waals surface area contributed by atoms with Gasteiger partial charge >= 0.3 is 0 Å². The van der Waals surface area contributed by atoms with E-state index in [1.807, 2.05) is 11.9 Å². The predicted octanol–water partition coefficient (Wildman–Crippen LogP) is 2.49. The highest BCUT2D eigenvalue weighted by Crippen LogP contribution is 2.16. The lowest BCUT2D eigenvalue weighted by Gasteiger charge is -2.32. The molecule has 1 aliphatic rings. The second-order valence-corrected chi connectivity index (χ2v) is 5.89. The van der Waals surface area contributed by atoms with Crippen molar-refractivity contribution in [2.24, 2.45) is 0 Å². The number of piperidine rings is 1. The molecule has 0 aliphatic carbocycles. The zero-order valence-electron chi connectivity index (χ0n) is 13.6. The zero-order chi connectivity index (χ0) is 16.2. The van der Waals surface area contributed by atoms with Gasteiger partial charge in [-0.3, -0.25) is 9.59 Å². The van der Waals surface area contributed by atoms with Crippen LogP contribution in [0.5, 0.6) is 0 Å². The highest BCUT2D eigenvalue weighted by Gasteiger charge is 2.23. The first-order chi connectivity index (χ1) is 11.2. The van der Waals surface area contributed by atoms with E-state index < -0.39 is 0 Å². The van der Waals surface area contributed by atoms with E-state index in [0.29, 0.717) is 22.7 Å². The number of ketones is 1. The van der Waals surface area contributed by atoms with E-state index in [-0.39, 0.29) is 24.1 Å². The Bertz CT molecular complexity index is 683. The van der Waals surface area contributed by atoms with Crippen molar-refractivity contribution in [3.05, 3.63) is 59.4 Å². The molecular formula is C18H22ClN3O2. The van der Waals surface area contributed by atoms with Gasteiger partial charge in [-0.2, -0.15) is 0 Å². The lowest BCUT2D eigenvalue weighted by Crippen LogP contribution is -2.46. The van der Waals surface area contributed by atoms with Gasteiger partial charge in [0.15, 0.2) is 5.78 Å². The maximum Gasteiger partial charge on any atom is 0.253 e. The first-order valence-corrected chi connectivity index (χ1v) is 7.93. The minimum absolute atomic E-state index is 0. The molecule has 0 spiro atoms. The molecule has 128 valence electrons. The maximum atomic E-state index is 12.6. The number of benzene rings is 1. The van der Waals surface area contributed by atoms with Crippen molar-refractivity contribution < 1.29 is 9.59 Å². The van der Waals surface area contributed by atoms with Crippen LogP contribution >= 0.6 is 12.4 Å². The number of nitrogens with one attached hydrogen (secondary N) is 2. The summed E-state index contributed by atoms with van der Waals surface area (Å²) in [5, 5.41) is 3.24. The quantitative estimate of drug-likeness (QED) is 0.835. The van der Waals surface area contributed by atoms with Gasteiger partial charge < -0.3 is 15.2 Å². The molecule has 5 nitrogen and oxygen atoms in total. The smallest absolute Gasteiger partial charge is 0.253 e. The molecule has 2 N–H and O–H groups in total. The first kappa shape index (κ1) is 18.2. The third-order valence-electron chi connectivity index (χ3n) is 4.37.